The molecule has 0 saturated heterocycles. The molecule has 0 spiro atoms. The van der Waals surface area contributed by atoms with E-state index in [9.17, 15) is 0 Å². The summed E-state index contributed by atoms with van der Waals surface area (Å²) < 4.78 is 0. The van der Waals surface area contributed by atoms with Crippen molar-refractivity contribution < 1.29 is 0 Å². The molecule has 0 bridgehead atoms. The number of fused-ring (bicyclic) bond motifs is 5. The highest BCUT2D eigenvalue weighted by Crippen LogP contribution is 2.40. The quantitative estimate of drug-likeness (QED) is 0.150. The fourth-order valence-electron chi connectivity index (χ4n) is 8.00. The van der Waals surface area contributed by atoms with Gasteiger partial charge in [0.1, 0.15) is 0 Å². The normalized spacial score (nSPS) is 11.3. The lowest BCUT2D eigenvalue weighted by atomic mass is 9.94. The monoisotopic (exact) mass is 699 g/mol. The zero-order valence-electron chi connectivity index (χ0n) is 30.3. The molecule has 0 saturated carbocycles. The van der Waals surface area contributed by atoms with Crippen molar-refractivity contribution >= 4 is 49.4 Å². The van der Waals surface area contributed by atoms with Crippen LogP contribution in [0.2, 0.25) is 0 Å². The van der Waals surface area contributed by atoms with E-state index in [2.05, 4.69) is 229 Å². The summed E-state index contributed by atoms with van der Waals surface area (Å²) in [5, 5.41) is 7.68. The molecule has 258 valence electrons. The van der Waals surface area contributed by atoms with Crippen molar-refractivity contribution in [2.75, 3.05) is 4.90 Å². The highest BCUT2D eigenvalue weighted by molar-refractivity contribution is 6.20. The second-order valence-corrected chi connectivity index (χ2v) is 14.2. The summed E-state index contributed by atoms with van der Waals surface area (Å²) >= 11 is 0. The standard InChI is InChI=1S/C54H37N/c1-3-10-38(11-4-1)40-18-20-41(21-19-40)42-28-32-49(33-29-42)55(51-16-9-15-47(36-51)39-12-5-2-6-13-39)50-34-30-43(31-35-50)48-27-24-45-23-26-46-25-22-44-14-7-8-17-52(44)54(46)53(45)37-48/h1-37H. The van der Waals surface area contributed by atoms with E-state index >= 15 is 0 Å². The first kappa shape index (κ1) is 32.4. The molecule has 0 unspecified atom stereocenters. The van der Waals surface area contributed by atoms with Crippen LogP contribution in [0.5, 0.6) is 0 Å². The predicted molar refractivity (Wildman–Crippen MR) is 235 cm³/mol. The predicted octanol–water partition coefficient (Wildman–Crippen LogP) is 15.3. The average Bonchev–Trinajstić information content (AvgIpc) is 3.27. The van der Waals surface area contributed by atoms with Gasteiger partial charge in [-0.2, -0.15) is 0 Å². The number of nitrogens with zero attached hydrogens (tertiary/aromatic N) is 1. The molecule has 0 heterocycles. The van der Waals surface area contributed by atoms with E-state index in [1.807, 2.05) is 0 Å². The topological polar surface area (TPSA) is 3.24 Å². The Morgan fingerprint density at radius 1 is 0.218 bits per heavy atom. The third kappa shape index (κ3) is 6.22. The summed E-state index contributed by atoms with van der Waals surface area (Å²) in [6.45, 7) is 0. The van der Waals surface area contributed by atoms with Crippen LogP contribution in [-0.2, 0) is 0 Å². The number of rotatable bonds is 7. The maximum absolute atomic E-state index is 2.37. The SMILES string of the molecule is c1ccc(-c2ccc(-c3ccc(N(c4ccc(-c5ccc6ccc7ccc8ccccc8c7c6c5)cc4)c4cccc(-c5ccccc5)c4)cc3)cc2)cc1. The molecule has 0 aliphatic heterocycles. The van der Waals surface area contributed by atoms with Gasteiger partial charge in [0.25, 0.3) is 0 Å². The molecule has 0 atom stereocenters. The number of benzene rings is 10. The van der Waals surface area contributed by atoms with Crippen LogP contribution in [0, 0.1) is 0 Å². The minimum absolute atomic E-state index is 1.10. The molecule has 0 aromatic heterocycles. The van der Waals surface area contributed by atoms with Crippen LogP contribution in [0.15, 0.2) is 224 Å². The van der Waals surface area contributed by atoms with Gasteiger partial charge in [0, 0.05) is 17.1 Å². The van der Waals surface area contributed by atoms with E-state index in [1.165, 1.54) is 76.8 Å². The van der Waals surface area contributed by atoms with E-state index in [-0.39, 0.29) is 0 Å². The van der Waals surface area contributed by atoms with E-state index in [0.29, 0.717) is 0 Å². The van der Waals surface area contributed by atoms with E-state index in [4.69, 9.17) is 0 Å². The van der Waals surface area contributed by atoms with Crippen LogP contribution in [0.1, 0.15) is 0 Å². The Balaban J connectivity index is 1.03. The van der Waals surface area contributed by atoms with Gasteiger partial charge < -0.3 is 4.90 Å². The van der Waals surface area contributed by atoms with Gasteiger partial charge in [-0.05, 0) is 119 Å². The third-order valence-electron chi connectivity index (χ3n) is 10.8. The second-order valence-electron chi connectivity index (χ2n) is 14.2. The van der Waals surface area contributed by atoms with Gasteiger partial charge in [-0.1, -0.05) is 182 Å². The molecule has 0 aliphatic carbocycles. The molecule has 55 heavy (non-hydrogen) atoms. The van der Waals surface area contributed by atoms with Gasteiger partial charge >= 0.3 is 0 Å². The largest absolute Gasteiger partial charge is 0.310 e. The first-order valence-electron chi connectivity index (χ1n) is 18.9. The first-order chi connectivity index (χ1) is 27.2. The Bertz CT molecular complexity index is 2920. The maximum Gasteiger partial charge on any atom is 0.0467 e. The molecule has 10 rings (SSSR count). The number of hydrogen-bond acceptors (Lipinski definition) is 1. The highest BCUT2D eigenvalue weighted by Gasteiger charge is 2.15. The molecular formula is C54H37N. The maximum atomic E-state index is 2.37. The first-order valence-corrected chi connectivity index (χ1v) is 18.9. The van der Waals surface area contributed by atoms with Crippen LogP contribution < -0.4 is 4.90 Å². The average molecular weight is 700 g/mol. The van der Waals surface area contributed by atoms with Crippen molar-refractivity contribution in [2.45, 2.75) is 0 Å². The van der Waals surface area contributed by atoms with Crippen molar-refractivity contribution in [1.82, 2.24) is 0 Å². The van der Waals surface area contributed by atoms with Crippen LogP contribution in [0.25, 0.3) is 76.8 Å². The molecule has 0 fully saturated rings. The Kier molecular flexibility index (Phi) is 8.24. The zero-order valence-corrected chi connectivity index (χ0v) is 30.3. The molecule has 1 heteroatoms. The zero-order chi connectivity index (χ0) is 36.6. The van der Waals surface area contributed by atoms with E-state index in [1.54, 1.807) is 0 Å². The van der Waals surface area contributed by atoms with Gasteiger partial charge in [-0.3, -0.25) is 0 Å². The van der Waals surface area contributed by atoms with E-state index < -0.39 is 0 Å². The van der Waals surface area contributed by atoms with Crippen LogP contribution in [-0.4, -0.2) is 0 Å². The van der Waals surface area contributed by atoms with Crippen molar-refractivity contribution in [2.24, 2.45) is 0 Å². The van der Waals surface area contributed by atoms with Gasteiger partial charge in [-0.15, -0.1) is 0 Å². The summed E-state index contributed by atoms with van der Waals surface area (Å²) in [6.07, 6.45) is 0. The fourth-order valence-corrected chi connectivity index (χ4v) is 8.00. The third-order valence-corrected chi connectivity index (χ3v) is 10.8. The summed E-state index contributed by atoms with van der Waals surface area (Å²) in [5.41, 5.74) is 12.9. The molecule has 10 aromatic rings. The van der Waals surface area contributed by atoms with Gasteiger partial charge in [0.15, 0.2) is 0 Å². The minimum Gasteiger partial charge on any atom is -0.310 e. The van der Waals surface area contributed by atoms with Gasteiger partial charge in [0.2, 0.25) is 0 Å². The number of anilines is 3. The lowest BCUT2D eigenvalue weighted by molar-refractivity contribution is 1.28. The van der Waals surface area contributed by atoms with Crippen molar-refractivity contribution in [3.63, 3.8) is 0 Å². The summed E-state index contributed by atoms with van der Waals surface area (Å²) in [5.74, 6) is 0. The van der Waals surface area contributed by atoms with Crippen LogP contribution >= 0.6 is 0 Å². The Morgan fingerprint density at radius 3 is 1.24 bits per heavy atom. The summed E-state index contributed by atoms with van der Waals surface area (Å²) in [4.78, 5) is 2.36. The molecule has 0 aliphatic rings. The van der Waals surface area contributed by atoms with E-state index in [0.717, 1.165) is 17.1 Å². The Morgan fingerprint density at radius 2 is 0.618 bits per heavy atom. The molecule has 10 aromatic carbocycles. The van der Waals surface area contributed by atoms with Crippen LogP contribution in [0.3, 0.4) is 0 Å². The van der Waals surface area contributed by atoms with Crippen molar-refractivity contribution in [3.8, 4) is 44.5 Å². The molecule has 1 nitrogen and oxygen atoms in total. The highest BCUT2D eigenvalue weighted by atomic mass is 15.1. The molecular weight excluding hydrogens is 663 g/mol. The minimum atomic E-state index is 1.10. The Labute approximate surface area is 322 Å². The lowest BCUT2D eigenvalue weighted by Crippen LogP contribution is -2.10. The van der Waals surface area contributed by atoms with Crippen molar-refractivity contribution in [1.29, 1.82) is 0 Å². The van der Waals surface area contributed by atoms with Gasteiger partial charge in [0.05, 0.1) is 0 Å². The fraction of sp³-hybridized carbons (Fsp3) is 0. The molecule has 0 N–H and O–H groups in total. The van der Waals surface area contributed by atoms with Gasteiger partial charge in [-0.25, -0.2) is 0 Å². The Hall–Kier alpha value is -7.22. The molecule has 0 radical (unpaired) electrons. The summed E-state index contributed by atoms with van der Waals surface area (Å²) in [7, 11) is 0. The number of hydrogen-bond donors (Lipinski definition) is 0. The van der Waals surface area contributed by atoms with Crippen LogP contribution in [0.4, 0.5) is 17.1 Å². The molecule has 0 amide bonds. The van der Waals surface area contributed by atoms with Crippen molar-refractivity contribution in [3.05, 3.63) is 224 Å². The second kappa shape index (κ2) is 14.0. The lowest BCUT2D eigenvalue weighted by Gasteiger charge is -2.26. The smallest absolute Gasteiger partial charge is 0.0467 e. The summed E-state index contributed by atoms with van der Waals surface area (Å²) in [6, 6.07) is 81.4.